The Morgan fingerprint density at radius 3 is 2.48 bits per heavy atom. The molecular weight excluding hydrogens is 323 g/mol. The number of rotatable bonds is 4. The number of hydrogen-bond acceptors (Lipinski definition) is 4. The van der Waals surface area contributed by atoms with Crippen molar-refractivity contribution in [3.05, 3.63) is 53.3 Å². The standard InChI is InChI=1S/C15H15FN2O4S/c1-9-3-4-10(7-13(9)16)18-15(19)12-8-11(23(17,20)21)5-6-14(12)22-2/h3-8H,1-2H3,(H,18,19)(H2,17,20,21). The molecule has 3 N–H and O–H groups in total. The van der Waals surface area contributed by atoms with Gasteiger partial charge in [0.15, 0.2) is 0 Å². The highest BCUT2D eigenvalue weighted by Gasteiger charge is 2.17. The molecule has 2 aromatic rings. The summed E-state index contributed by atoms with van der Waals surface area (Å²) < 4.78 is 41.4. The second kappa shape index (κ2) is 6.35. The predicted molar refractivity (Wildman–Crippen MR) is 83.5 cm³/mol. The highest BCUT2D eigenvalue weighted by atomic mass is 32.2. The Morgan fingerprint density at radius 2 is 1.91 bits per heavy atom. The average molecular weight is 338 g/mol. The molecule has 8 heteroatoms. The van der Waals surface area contributed by atoms with E-state index in [0.717, 1.165) is 6.07 Å². The van der Waals surface area contributed by atoms with Gasteiger partial charge in [-0.2, -0.15) is 0 Å². The molecule has 0 radical (unpaired) electrons. The first-order valence-corrected chi connectivity index (χ1v) is 8.05. The van der Waals surface area contributed by atoms with Gasteiger partial charge in [0.25, 0.3) is 5.91 Å². The number of ether oxygens (including phenoxy) is 1. The fourth-order valence-electron chi connectivity index (χ4n) is 1.91. The molecule has 2 aromatic carbocycles. The van der Waals surface area contributed by atoms with Crippen LogP contribution in [0.2, 0.25) is 0 Å². The number of sulfonamides is 1. The molecule has 0 unspecified atom stereocenters. The number of aryl methyl sites for hydroxylation is 1. The Morgan fingerprint density at radius 1 is 1.22 bits per heavy atom. The average Bonchev–Trinajstić information content (AvgIpc) is 2.49. The van der Waals surface area contributed by atoms with Gasteiger partial charge in [-0.1, -0.05) is 6.07 Å². The maximum atomic E-state index is 13.5. The molecule has 0 atom stereocenters. The van der Waals surface area contributed by atoms with Crippen molar-refractivity contribution in [2.75, 3.05) is 12.4 Å². The van der Waals surface area contributed by atoms with Crippen LogP contribution in [0.15, 0.2) is 41.3 Å². The molecule has 0 heterocycles. The molecule has 0 aliphatic carbocycles. The van der Waals surface area contributed by atoms with Gasteiger partial charge in [0.2, 0.25) is 10.0 Å². The Hall–Kier alpha value is -2.45. The maximum Gasteiger partial charge on any atom is 0.259 e. The van der Waals surface area contributed by atoms with Gasteiger partial charge in [0.05, 0.1) is 17.6 Å². The molecule has 0 aliphatic heterocycles. The second-order valence-corrected chi connectivity index (χ2v) is 6.39. The van der Waals surface area contributed by atoms with E-state index in [1.807, 2.05) is 0 Å². The zero-order chi connectivity index (χ0) is 17.2. The summed E-state index contributed by atoms with van der Waals surface area (Å²) in [7, 11) is -2.62. The van der Waals surface area contributed by atoms with Gasteiger partial charge in [0, 0.05) is 5.69 Å². The molecule has 0 saturated carbocycles. The number of anilines is 1. The fourth-order valence-corrected chi connectivity index (χ4v) is 2.45. The summed E-state index contributed by atoms with van der Waals surface area (Å²) in [6.45, 7) is 1.60. The molecule has 0 bridgehead atoms. The Balaban J connectivity index is 2.39. The fraction of sp³-hybridized carbons (Fsp3) is 0.133. The minimum Gasteiger partial charge on any atom is -0.496 e. The number of carbonyl (C=O) groups excluding carboxylic acids is 1. The van der Waals surface area contributed by atoms with Crippen molar-refractivity contribution in [1.29, 1.82) is 0 Å². The summed E-state index contributed by atoms with van der Waals surface area (Å²) in [5.41, 5.74) is 0.651. The lowest BCUT2D eigenvalue weighted by molar-refractivity contribution is 0.102. The van der Waals surface area contributed by atoms with Gasteiger partial charge in [-0.05, 0) is 42.8 Å². The van der Waals surface area contributed by atoms with Crippen LogP contribution >= 0.6 is 0 Å². The molecule has 122 valence electrons. The largest absolute Gasteiger partial charge is 0.496 e. The van der Waals surface area contributed by atoms with Gasteiger partial charge >= 0.3 is 0 Å². The van der Waals surface area contributed by atoms with Gasteiger partial charge < -0.3 is 10.1 Å². The first kappa shape index (κ1) is 16.9. The van der Waals surface area contributed by atoms with Gasteiger partial charge in [0.1, 0.15) is 11.6 Å². The molecule has 0 aromatic heterocycles. The van der Waals surface area contributed by atoms with Crippen molar-refractivity contribution in [2.24, 2.45) is 5.14 Å². The van der Waals surface area contributed by atoms with Crippen LogP contribution in [0.4, 0.5) is 10.1 Å². The lowest BCUT2D eigenvalue weighted by Crippen LogP contribution is -2.17. The SMILES string of the molecule is COc1ccc(S(N)(=O)=O)cc1C(=O)Nc1ccc(C)c(F)c1. The minimum atomic E-state index is -3.96. The third-order valence-electron chi connectivity index (χ3n) is 3.17. The Bertz CT molecular complexity index is 866. The van der Waals surface area contributed by atoms with E-state index in [4.69, 9.17) is 9.88 Å². The summed E-state index contributed by atoms with van der Waals surface area (Å²) in [5, 5.41) is 7.54. The van der Waals surface area contributed by atoms with Crippen LogP contribution in [0.5, 0.6) is 5.75 Å². The van der Waals surface area contributed by atoms with Crippen molar-refractivity contribution in [3.8, 4) is 5.75 Å². The lowest BCUT2D eigenvalue weighted by Gasteiger charge is -2.11. The second-order valence-electron chi connectivity index (χ2n) is 4.83. The third kappa shape index (κ3) is 3.85. The number of methoxy groups -OCH3 is 1. The minimum absolute atomic E-state index is 0.0278. The highest BCUT2D eigenvalue weighted by molar-refractivity contribution is 7.89. The lowest BCUT2D eigenvalue weighted by atomic mass is 10.1. The van der Waals surface area contributed by atoms with Gasteiger partial charge in [-0.3, -0.25) is 4.79 Å². The first-order chi connectivity index (χ1) is 10.7. The normalized spacial score (nSPS) is 11.1. The number of hydrogen-bond donors (Lipinski definition) is 2. The number of nitrogens with two attached hydrogens (primary N) is 1. The zero-order valence-electron chi connectivity index (χ0n) is 12.5. The summed E-state index contributed by atoms with van der Waals surface area (Å²) in [6.07, 6.45) is 0. The molecule has 0 aliphatic rings. The monoisotopic (exact) mass is 338 g/mol. The van der Waals surface area contributed by atoms with Crippen molar-refractivity contribution >= 4 is 21.6 Å². The van der Waals surface area contributed by atoms with E-state index in [2.05, 4.69) is 5.32 Å². The number of nitrogens with one attached hydrogen (secondary N) is 1. The summed E-state index contributed by atoms with van der Waals surface area (Å²) in [5.74, 6) is -0.939. The number of primary sulfonamides is 1. The van der Waals surface area contributed by atoms with Crippen molar-refractivity contribution < 1.29 is 22.3 Å². The van der Waals surface area contributed by atoms with Crippen LogP contribution in [0.25, 0.3) is 0 Å². The highest BCUT2D eigenvalue weighted by Crippen LogP contribution is 2.23. The quantitative estimate of drug-likeness (QED) is 0.891. The first-order valence-electron chi connectivity index (χ1n) is 6.50. The molecule has 6 nitrogen and oxygen atoms in total. The molecule has 23 heavy (non-hydrogen) atoms. The Kier molecular flexibility index (Phi) is 4.67. The summed E-state index contributed by atoms with van der Waals surface area (Å²) in [6, 6.07) is 7.88. The van der Waals surface area contributed by atoms with Crippen molar-refractivity contribution in [3.63, 3.8) is 0 Å². The van der Waals surface area contributed by atoms with Crippen molar-refractivity contribution in [2.45, 2.75) is 11.8 Å². The number of carbonyl (C=O) groups is 1. The maximum absolute atomic E-state index is 13.5. The molecule has 2 rings (SSSR count). The van der Waals surface area contributed by atoms with E-state index in [-0.39, 0.29) is 21.9 Å². The molecule has 0 saturated heterocycles. The van der Waals surface area contributed by atoms with Gasteiger partial charge in [-0.25, -0.2) is 17.9 Å². The van der Waals surface area contributed by atoms with E-state index in [0.29, 0.717) is 5.56 Å². The van der Waals surface area contributed by atoms with Gasteiger partial charge in [-0.15, -0.1) is 0 Å². The number of amides is 1. The zero-order valence-corrected chi connectivity index (χ0v) is 13.3. The van der Waals surface area contributed by atoms with Crippen LogP contribution in [-0.2, 0) is 10.0 Å². The number of benzene rings is 2. The molecular formula is C15H15FN2O4S. The smallest absolute Gasteiger partial charge is 0.259 e. The molecule has 0 fully saturated rings. The van der Waals surface area contributed by atoms with Crippen molar-refractivity contribution in [1.82, 2.24) is 0 Å². The van der Waals surface area contributed by atoms with Crippen LogP contribution in [0.1, 0.15) is 15.9 Å². The predicted octanol–water partition coefficient (Wildman–Crippen LogP) is 2.04. The number of halogens is 1. The molecule has 1 amide bonds. The van der Waals surface area contributed by atoms with E-state index in [1.165, 1.54) is 37.4 Å². The summed E-state index contributed by atoms with van der Waals surface area (Å²) in [4.78, 5) is 12.1. The van der Waals surface area contributed by atoms with Crippen LogP contribution in [0, 0.1) is 12.7 Å². The van der Waals surface area contributed by atoms with E-state index in [1.54, 1.807) is 6.92 Å². The van der Waals surface area contributed by atoms with Crippen LogP contribution in [-0.4, -0.2) is 21.4 Å². The summed E-state index contributed by atoms with van der Waals surface area (Å²) >= 11 is 0. The topological polar surface area (TPSA) is 98.5 Å². The van der Waals surface area contributed by atoms with E-state index >= 15 is 0 Å². The van der Waals surface area contributed by atoms with Crippen LogP contribution in [0.3, 0.4) is 0 Å². The van der Waals surface area contributed by atoms with E-state index < -0.39 is 21.7 Å². The third-order valence-corrected chi connectivity index (χ3v) is 4.08. The molecule has 0 spiro atoms. The van der Waals surface area contributed by atoms with E-state index in [9.17, 15) is 17.6 Å². The van der Waals surface area contributed by atoms with Crippen LogP contribution < -0.4 is 15.2 Å². The Labute approximate surface area is 133 Å².